The van der Waals surface area contributed by atoms with Crippen LogP contribution in [0.2, 0.25) is 5.02 Å². The SMILES string of the molecule is COCCn1c(SC(C)C(=O)NC2CCS(=O)(=O)C2)nc2cc(Cl)ccc21. The maximum absolute atomic E-state index is 12.5. The molecule has 0 bridgehead atoms. The Morgan fingerprint density at radius 3 is 2.96 bits per heavy atom. The number of carbonyl (C=O) groups is 1. The predicted molar refractivity (Wildman–Crippen MR) is 107 cm³/mol. The highest BCUT2D eigenvalue weighted by molar-refractivity contribution is 8.00. The van der Waals surface area contributed by atoms with Crippen LogP contribution in [0.25, 0.3) is 11.0 Å². The number of hydrogen-bond acceptors (Lipinski definition) is 6. The van der Waals surface area contributed by atoms with Crippen molar-refractivity contribution in [3.05, 3.63) is 23.2 Å². The maximum Gasteiger partial charge on any atom is 0.233 e. The number of rotatable bonds is 7. The molecule has 1 aromatic carbocycles. The van der Waals surface area contributed by atoms with Crippen molar-refractivity contribution in [1.29, 1.82) is 0 Å². The lowest BCUT2D eigenvalue weighted by Crippen LogP contribution is -2.40. The monoisotopic (exact) mass is 431 g/mol. The highest BCUT2D eigenvalue weighted by Gasteiger charge is 2.30. The van der Waals surface area contributed by atoms with Crippen LogP contribution in [0.4, 0.5) is 0 Å². The normalized spacial score (nSPS) is 20.0. The van der Waals surface area contributed by atoms with Crippen LogP contribution in [-0.4, -0.2) is 60.4 Å². The van der Waals surface area contributed by atoms with E-state index in [1.807, 2.05) is 10.6 Å². The van der Waals surface area contributed by atoms with E-state index in [0.29, 0.717) is 29.8 Å². The fourth-order valence-electron chi connectivity index (χ4n) is 3.01. The molecule has 0 aliphatic carbocycles. The molecule has 27 heavy (non-hydrogen) atoms. The number of nitrogens with zero attached hydrogens (tertiary/aromatic N) is 2. The first-order chi connectivity index (χ1) is 12.8. The highest BCUT2D eigenvalue weighted by Crippen LogP contribution is 2.29. The minimum atomic E-state index is -3.03. The van der Waals surface area contributed by atoms with Crippen molar-refractivity contribution in [3.63, 3.8) is 0 Å². The summed E-state index contributed by atoms with van der Waals surface area (Å²) in [7, 11) is -1.40. The molecule has 2 atom stereocenters. The second-order valence-electron chi connectivity index (χ2n) is 6.54. The van der Waals surface area contributed by atoms with Gasteiger partial charge in [0.15, 0.2) is 15.0 Å². The molecule has 2 aromatic rings. The van der Waals surface area contributed by atoms with Crippen molar-refractivity contribution in [2.24, 2.45) is 0 Å². The molecule has 1 saturated heterocycles. The third-order valence-corrected chi connectivity index (χ3v) is 7.52. The Morgan fingerprint density at radius 2 is 2.30 bits per heavy atom. The Kier molecular flexibility index (Phi) is 6.35. The molecule has 2 unspecified atom stereocenters. The lowest BCUT2D eigenvalue weighted by atomic mass is 10.2. The standard InChI is InChI=1S/C17H22ClN3O4S2/c1-11(16(22)19-13-5-8-27(23,24)10-13)26-17-20-14-9-12(18)3-4-15(14)21(17)6-7-25-2/h3-4,9,11,13H,5-8,10H2,1-2H3,(H,19,22). The summed E-state index contributed by atoms with van der Waals surface area (Å²) >= 11 is 7.40. The van der Waals surface area contributed by atoms with Gasteiger partial charge in [0, 0.05) is 24.7 Å². The molecule has 148 valence electrons. The smallest absolute Gasteiger partial charge is 0.233 e. The van der Waals surface area contributed by atoms with E-state index in [9.17, 15) is 13.2 Å². The van der Waals surface area contributed by atoms with Crippen molar-refractivity contribution in [2.75, 3.05) is 25.2 Å². The third-order valence-electron chi connectivity index (χ3n) is 4.42. The maximum atomic E-state index is 12.5. The van der Waals surface area contributed by atoms with E-state index in [0.717, 1.165) is 11.0 Å². The van der Waals surface area contributed by atoms with Gasteiger partial charge in [0.2, 0.25) is 5.91 Å². The summed E-state index contributed by atoms with van der Waals surface area (Å²) in [4.78, 5) is 17.1. The topological polar surface area (TPSA) is 90.3 Å². The van der Waals surface area contributed by atoms with Crippen LogP contribution in [0, 0.1) is 0 Å². The molecule has 1 N–H and O–H groups in total. The number of halogens is 1. The molecule has 1 amide bonds. The van der Waals surface area contributed by atoms with Crippen molar-refractivity contribution < 1.29 is 17.9 Å². The Balaban J connectivity index is 1.75. The van der Waals surface area contributed by atoms with E-state index in [4.69, 9.17) is 16.3 Å². The average Bonchev–Trinajstić information content (AvgIpc) is 3.11. The summed E-state index contributed by atoms with van der Waals surface area (Å²) in [6, 6.07) is 5.19. The van der Waals surface area contributed by atoms with Gasteiger partial charge in [0.05, 0.1) is 34.4 Å². The van der Waals surface area contributed by atoms with Crippen molar-refractivity contribution in [1.82, 2.24) is 14.9 Å². The van der Waals surface area contributed by atoms with Gasteiger partial charge < -0.3 is 14.6 Å². The first-order valence-corrected chi connectivity index (χ1v) is 11.7. The molecular formula is C17H22ClN3O4S2. The zero-order chi connectivity index (χ0) is 19.6. The number of amides is 1. The molecule has 10 heteroatoms. The van der Waals surface area contributed by atoms with Gasteiger partial charge in [-0.1, -0.05) is 23.4 Å². The lowest BCUT2D eigenvalue weighted by molar-refractivity contribution is -0.120. The molecule has 1 aliphatic heterocycles. The summed E-state index contributed by atoms with van der Waals surface area (Å²) < 4.78 is 30.3. The molecule has 3 rings (SSSR count). The number of carbonyl (C=O) groups excluding carboxylic acids is 1. The summed E-state index contributed by atoms with van der Waals surface area (Å²) in [6.07, 6.45) is 0.469. The predicted octanol–water partition coefficient (Wildman–Crippen LogP) is 2.12. The Hall–Kier alpha value is -1.29. The fraction of sp³-hybridized carbons (Fsp3) is 0.529. The molecule has 1 aromatic heterocycles. The van der Waals surface area contributed by atoms with Crippen molar-refractivity contribution >= 4 is 50.1 Å². The second kappa shape index (κ2) is 8.38. The van der Waals surface area contributed by atoms with E-state index < -0.39 is 15.1 Å². The lowest BCUT2D eigenvalue weighted by Gasteiger charge is -2.16. The van der Waals surface area contributed by atoms with E-state index in [2.05, 4.69) is 10.3 Å². The minimum Gasteiger partial charge on any atom is -0.383 e. The fourth-order valence-corrected chi connectivity index (χ4v) is 5.81. The first kappa shape index (κ1) is 20.4. The number of aromatic nitrogens is 2. The van der Waals surface area contributed by atoms with Crippen LogP contribution in [0.3, 0.4) is 0 Å². The van der Waals surface area contributed by atoms with E-state index in [1.165, 1.54) is 11.8 Å². The Labute approximate surface area is 167 Å². The summed E-state index contributed by atoms with van der Waals surface area (Å²) in [5.74, 6) is -0.0425. The van der Waals surface area contributed by atoms with Crippen molar-refractivity contribution in [2.45, 2.75) is 36.3 Å². The molecule has 1 fully saturated rings. The van der Waals surface area contributed by atoms with Crippen LogP contribution < -0.4 is 5.32 Å². The number of fused-ring (bicyclic) bond motifs is 1. The molecule has 1 aliphatic rings. The molecular weight excluding hydrogens is 410 g/mol. The number of thioether (sulfide) groups is 1. The summed E-state index contributed by atoms with van der Waals surface area (Å²) in [5.41, 5.74) is 1.68. The van der Waals surface area contributed by atoms with Gasteiger partial charge in [0.25, 0.3) is 0 Å². The Morgan fingerprint density at radius 1 is 1.52 bits per heavy atom. The zero-order valence-corrected chi connectivity index (χ0v) is 17.5. The van der Waals surface area contributed by atoms with E-state index in [-0.39, 0.29) is 23.5 Å². The minimum absolute atomic E-state index is 0.0149. The average molecular weight is 432 g/mol. The summed E-state index contributed by atoms with van der Waals surface area (Å²) in [5, 5.41) is 3.72. The Bertz CT molecular complexity index is 945. The number of ether oxygens (including phenoxy) is 1. The van der Waals surface area contributed by atoms with Gasteiger partial charge in [-0.15, -0.1) is 0 Å². The number of sulfone groups is 1. The van der Waals surface area contributed by atoms with Gasteiger partial charge in [-0.2, -0.15) is 0 Å². The second-order valence-corrected chi connectivity index (χ2v) is 10.5. The largest absolute Gasteiger partial charge is 0.383 e. The molecule has 0 saturated carbocycles. The number of hydrogen-bond donors (Lipinski definition) is 1. The van der Waals surface area contributed by atoms with Crippen LogP contribution in [0.5, 0.6) is 0 Å². The quantitative estimate of drug-likeness (QED) is 0.675. The molecule has 0 spiro atoms. The number of methoxy groups -OCH3 is 1. The van der Waals surface area contributed by atoms with Gasteiger partial charge in [0.1, 0.15) is 0 Å². The van der Waals surface area contributed by atoms with Gasteiger partial charge in [-0.3, -0.25) is 4.79 Å². The molecule has 2 heterocycles. The van der Waals surface area contributed by atoms with Gasteiger partial charge in [-0.25, -0.2) is 13.4 Å². The van der Waals surface area contributed by atoms with E-state index >= 15 is 0 Å². The molecule has 0 radical (unpaired) electrons. The number of nitrogens with one attached hydrogen (secondary N) is 1. The van der Waals surface area contributed by atoms with E-state index in [1.54, 1.807) is 26.2 Å². The van der Waals surface area contributed by atoms with Crippen LogP contribution in [0.1, 0.15) is 13.3 Å². The third kappa shape index (κ3) is 4.96. The zero-order valence-electron chi connectivity index (χ0n) is 15.1. The number of benzene rings is 1. The van der Waals surface area contributed by atoms with Gasteiger partial charge >= 0.3 is 0 Å². The number of imidazole rings is 1. The highest BCUT2D eigenvalue weighted by atomic mass is 35.5. The first-order valence-electron chi connectivity index (χ1n) is 8.61. The summed E-state index contributed by atoms with van der Waals surface area (Å²) in [6.45, 7) is 2.91. The van der Waals surface area contributed by atoms with Gasteiger partial charge in [-0.05, 0) is 31.5 Å². The van der Waals surface area contributed by atoms with Crippen LogP contribution in [0.15, 0.2) is 23.4 Å². The van der Waals surface area contributed by atoms with Crippen LogP contribution in [-0.2, 0) is 25.9 Å². The molecule has 7 nitrogen and oxygen atoms in total. The van der Waals surface area contributed by atoms with Crippen LogP contribution >= 0.6 is 23.4 Å². The van der Waals surface area contributed by atoms with Crippen molar-refractivity contribution in [3.8, 4) is 0 Å².